The van der Waals surface area contributed by atoms with E-state index in [1.807, 2.05) is 18.2 Å². The van der Waals surface area contributed by atoms with Crippen LogP contribution in [0.15, 0.2) is 63.4 Å². The van der Waals surface area contributed by atoms with Gasteiger partial charge in [-0.15, -0.1) is 0 Å². The average molecular weight is 501 g/mol. The summed E-state index contributed by atoms with van der Waals surface area (Å²) in [6, 6.07) is 11.0. The first kappa shape index (κ1) is 21.8. The molecular weight excluding hydrogens is 478 g/mol. The Hall–Kier alpha value is -2.44. The average Bonchev–Trinajstić information content (AvgIpc) is 2.78. The van der Waals surface area contributed by atoms with Crippen LogP contribution in [0, 0.1) is 0 Å². The van der Waals surface area contributed by atoms with Crippen molar-refractivity contribution in [3.8, 4) is 5.75 Å². The Morgan fingerprint density at radius 2 is 2.03 bits per heavy atom. The summed E-state index contributed by atoms with van der Waals surface area (Å²) in [5.41, 5.74) is 1.30. The van der Waals surface area contributed by atoms with Gasteiger partial charge in [-0.25, -0.2) is 4.98 Å². The fourth-order valence-electron chi connectivity index (χ4n) is 3.89. The molecule has 160 valence electrons. The van der Waals surface area contributed by atoms with E-state index in [1.165, 1.54) is 11.1 Å². The number of benzene rings is 2. The van der Waals surface area contributed by atoms with Gasteiger partial charge < -0.3 is 4.74 Å². The Bertz CT molecular complexity index is 1200. The lowest BCUT2D eigenvalue weighted by Gasteiger charge is -2.22. The molecule has 0 aliphatic heterocycles. The molecule has 5 nitrogen and oxygen atoms in total. The maximum Gasteiger partial charge on any atom is 0.282 e. The molecule has 3 aromatic rings. The molecule has 0 amide bonds. The normalized spacial score (nSPS) is 14.9. The summed E-state index contributed by atoms with van der Waals surface area (Å²) >= 11 is 9.77. The summed E-state index contributed by atoms with van der Waals surface area (Å²) in [6.07, 6.45) is 8.85. The minimum Gasteiger partial charge on any atom is -0.488 e. The monoisotopic (exact) mass is 499 g/mol. The second-order valence-corrected chi connectivity index (χ2v) is 8.94. The molecule has 31 heavy (non-hydrogen) atoms. The van der Waals surface area contributed by atoms with Crippen molar-refractivity contribution in [2.75, 3.05) is 6.61 Å². The standard InChI is InChI=1S/C24H23BrClN3O2/c1-2-12-31-22-11-8-16(13-20(22)26)15-27-29-23(17-6-4-3-5-7-17)28-21-10-9-18(25)14-19(21)24(29)30/h2,8-11,13-15,17H,1,3-7,12H2. The van der Waals surface area contributed by atoms with Crippen LogP contribution in [0.4, 0.5) is 0 Å². The lowest BCUT2D eigenvalue weighted by atomic mass is 9.88. The topological polar surface area (TPSA) is 56.5 Å². The van der Waals surface area contributed by atoms with E-state index in [2.05, 4.69) is 27.6 Å². The molecule has 1 aliphatic rings. The van der Waals surface area contributed by atoms with Crippen molar-refractivity contribution < 1.29 is 4.74 Å². The fraction of sp³-hybridized carbons (Fsp3) is 0.292. The fourth-order valence-corrected chi connectivity index (χ4v) is 4.49. The van der Waals surface area contributed by atoms with Gasteiger partial charge in [0, 0.05) is 10.4 Å². The van der Waals surface area contributed by atoms with Gasteiger partial charge in [-0.2, -0.15) is 9.78 Å². The summed E-state index contributed by atoms with van der Waals surface area (Å²) in [4.78, 5) is 18.2. The third kappa shape index (κ3) is 4.91. The van der Waals surface area contributed by atoms with Crippen LogP contribution < -0.4 is 10.3 Å². The lowest BCUT2D eigenvalue weighted by Crippen LogP contribution is -2.25. The molecule has 0 N–H and O–H groups in total. The van der Waals surface area contributed by atoms with Gasteiger partial charge >= 0.3 is 0 Å². The zero-order valence-corrected chi connectivity index (χ0v) is 19.4. The molecule has 0 bridgehead atoms. The Kier molecular flexibility index (Phi) is 6.88. The highest BCUT2D eigenvalue weighted by Crippen LogP contribution is 2.32. The van der Waals surface area contributed by atoms with Crippen LogP contribution in [0.3, 0.4) is 0 Å². The second-order valence-electron chi connectivity index (χ2n) is 7.62. The minimum atomic E-state index is -0.167. The molecule has 0 spiro atoms. The van der Waals surface area contributed by atoms with E-state index in [-0.39, 0.29) is 11.5 Å². The van der Waals surface area contributed by atoms with Gasteiger partial charge in [0.1, 0.15) is 18.2 Å². The van der Waals surface area contributed by atoms with Gasteiger partial charge in [0.05, 0.1) is 22.1 Å². The molecule has 1 heterocycles. The Morgan fingerprint density at radius 1 is 1.23 bits per heavy atom. The molecule has 1 fully saturated rings. The van der Waals surface area contributed by atoms with Crippen LogP contribution in [-0.4, -0.2) is 22.5 Å². The maximum atomic E-state index is 13.3. The number of halogens is 2. The van der Waals surface area contributed by atoms with Gasteiger partial charge in [0.2, 0.25) is 0 Å². The highest BCUT2D eigenvalue weighted by atomic mass is 79.9. The van der Waals surface area contributed by atoms with Gasteiger partial charge in [-0.05, 0) is 54.8 Å². The number of fused-ring (bicyclic) bond motifs is 1. The molecule has 7 heteroatoms. The van der Waals surface area contributed by atoms with Crippen molar-refractivity contribution in [1.82, 2.24) is 9.66 Å². The van der Waals surface area contributed by atoms with Crippen LogP contribution in [0.2, 0.25) is 5.02 Å². The molecule has 0 atom stereocenters. The first-order valence-corrected chi connectivity index (χ1v) is 11.5. The molecule has 0 saturated heterocycles. The van der Waals surface area contributed by atoms with E-state index < -0.39 is 0 Å². The van der Waals surface area contributed by atoms with Crippen LogP contribution in [-0.2, 0) is 0 Å². The zero-order chi connectivity index (χ0) is 21.8. The highest BCUT2D eigenvalue weighted by Gasteiger charge is 2.22. The molecule has 0 unspecified atom stereocenters. The Balaban J connectivity index is 1.76. The summed E-state index contributed by atoms with van der Waals surface area (Å²) in [7, 11) is 0. The van der Waals surface area contributed by atoms with Crippen LogP contribution >= 0.6 is 27.5 Å². The number of ether oxygens (including phenoxy) is 1. The summed E-state index contributed by atoms with van der Waals surface area (Å²) in [6.45, 7) is 4.02. The second kappa shape index (κ2) is 9.79. The number of hydrogen-bond acceptors (Lipinski definition) is 4. The number of nitrogens with zero attached hydrogens (tertiary/aromatic N) is 3. The largest absolute Gasteiger partial charge is 0.488 e. The summed E-state index contributed by atoms with van der Waals surface area (Å²) < 4.78 is 7.81. The quantitative estimate of drug-likeness (QED) is 0.294. The van der Waals surface area contributed by atoms with Gasteiger partial charge in [0.25, 0.3) is 5.56 Å². The van der Waals surface area contributed by atoms with E-state index >= 15 is 0 Å². The van der Waals surface area contributed by atoms with Crippen LogP contribution in [0.5, 0.6) is 5.75 Å². The molecule has 1 aliphatic carbocycles. The lowest BCUT2D eigenvalue weighted by molar-refractivity contribution is 0.363. The molecule has 0 radical (unpaired) electrons. The molecule has 1 aromatic heterocycles. The number of rotatable bonds is 6. The van der Waals surface area contributed by atoms with Crippen LogP contribution in [0.1, 0.15) is 49.4 Å². The van der Waals surface area contributed by atoms with Crippen molar-refractivity contribution in [2.24, 2.45) is 5.10 Å². The maximum absolute atomic E-state index is 13.3. The van der Waals surface area contributed by atoms with E-state index in [9.17, 15) is 4.79 Å². The summed E-state index contributed by atoms with van der Waals surface area (Å²) in [5.74, 6) is 1.54. The third-order valence-electron chi connectivity index (χ3n) is 5.44. The minimum absolute atomic E-state index is 0.167. The highest BCUT2D eigenvalue weighted by molar-refractivity contribution is 9.10. The van der Waals surface area contributed by atoms with Gasteiger partial charge in [-0.1, -0.05) is 59.4 Å². The van der Waals surface area contributed by atoms with E-state index in [4.69, 9.17) is 21.3 Å². The van der Waals surface area contributed by atoms with Crippen LogP contribution in [0.25, 0.3) is 10.9 Å². The van der Waals surface area contributed by atoms with Crippen molar-refractivity contribution in [2.45, 2.75) is 38.0 Å². The number of hydrogen-bond donors (Lipinski definition) is 0. The number of aromatic nitrogens is 2. The third-order valence-corrected chi connectivity index (χ3v) is 6.23. The zero-order valence-electron chi connectivity index (χ0n) is 17.1. The molecular formula is C24H23BrClN3O2. The first-order chi connectivity index (χ1) is 15.1. The molecule has 1 saturated carbocycles. The smallest absolute Gasteiger partial charge is 0.282 e. The van der Waals surface area contributed by atoms with Crippen molar-refractivity contribution in [3.63, 3.8) is 0 Å². The van der Waals surface area contributed by atoms with E-state index in [1.54, 1.807) is 30.5 Å². The van der Waals surface area contributed by atoms with Crippen molar-refractivity contribution in [3.05, 3.63) is 80.3 Å². The van der Waals surface area contributed by atoms with Gasteiger partial charge in [0.15, 0.2) is 0 Å². The van der Waals surface area contributed by atoms with E-state index in [0.29, 0.717) is 28.3 Å². The van der Waals surface area contributed by atoms with Crippen molar-refractivity contribution >= 4 is 44.6 Å². The predicted molar refractivity (Wildman–Crippen MR) is 130 cm³/mol. The SMILES string of the molecule is C=CCOc1ccc(C=Nn2c(C3CCCCC3)nc3ccc(Br)cc3c2=O)cc1Cl. The first-order valence-electron chi connectivity index (χ1n) is 10.4. The van der Waals surface area contributed by atoms with Crippen molar-refractivity contribution in [1.29, 1.82) is 0 Å². The predicted octanol–water partition coefficient (Wildman–Crippen LogP) is 6.31. The molecule has 4 rings (SSSR count). The van der Waals surface area contributed by atoms with Gasteiger partial charge in [-0.3, -0.25) is 4.79 Å². The Morgan fingerprint density at radius 3 is 2.77 bits per heavy atom. The Labute approximate surface area is 194 Å². The molecule has 2 aromatic carbocycles. The summed E-state index contributed by atoms with van der Waals surface area (Å²) in [5, 5.41) is 5.57. The van der Waals surface area contributed by atoms with E-state index in [0.717, 1.165) is 41.5 Å².